The van der Waals surface area contributed by atoms with Crippen molar-refractivity contribution in [3.05, 3.63) is 30.3 Å². The maximum Gasteiger partial charge on any atom is 0.405 e. The summed E-state index contributed by atoms with van der Waals surface area (Å²) in [5, 5.41) is 10.2. The fourth-order valence-electron chi connectivity index (χ4n) is 2.75. The minimum Gasteiger partial charge on any atom is -0.352 e. The van der Waals surface area contributed by atoms with Gasteiger partial charge in [0.1, 0.15) is 12.1 Å². The lowest BCUT2D eigenvalue weighted by Crippen LogP contribution is -2.58. The number of piperazine rings is 1. The largest absolute Gasteiger partial charge is 0.405 e. The summed E-state index contributed by atoms with van der Waals surface area (Å²) in [4.78, 5) is 25.3. The Kier molecular flexibility index (Phi) is 7.43. The van der Waals surface area contributed by atoms with Gasteiger partial charge in [-0.15, -0.1) is 0 Å². The second kappa shape index (κ2) is 9.56. The summed E-state index contributed by atoms with van der Waals surface area (Å²) in [7, 11) is 0. The van der Waals surface area contributed by atoms with Crippen molar-refractivity contribution in [2.24, 2.45) is 0 Å². The molecule has 0 radical (unpaired) electrons. The number of rotatable bonds is 6. The van der Waals surface area contributed by atoms with Gasteiger partial charge in [-0.25, -0.2) is 4.79 Å². The van der Waals surface area contributed by atoms with Gasteiger partial charge in [-0.3, -0.25) is 9.69 Å². The molecule has 7 nitrogen and oxygen atoms in total. The summed E-state index contributed by atoms with van der Waals surface area (Å²) in [6.45, 7) is 2.30. The number of hydrogen-bond donors (Lipinski definition) is 4. The molecule has 1 heterocycles. The van der Waals surface area contributed by atoms with Gasteiger partial charge in [-0.1, -0.05) is 18.2 Å². The van der Waals surface area contributed by atoms with Gasteiger partial charge < -0.3 is 21.3 Å². The maximum atomic E-state index is 13.3. The van der Waals surface area contributed by atoms with Crippen LogP contribution >= 0.6 is 0 Å². The summed E-state index contributed by atoms with van der Waals surface area (Å²) in [5.41, 5.74) is 0.540. The molecule has 4 N–H and O–H groups in total. The fourth-order valence-corrected chi connectivity index (χ4v) is 2.75. The number of amides is 3. The van der Waals surface area contributed by atoms with Crippen molar-refractivity contribution in [1.29, 1.82) is 0 Å². The molecule has 3 amide bonds. The highest BCUT2D eigenvalue weighted by atomic mass is 19.4. The van der Waals surface area contributed by atoms with Gasteiger partial charge in [-0.05, 0) is 19.1 Å². The molecule has 2 atom stereocenters. The molecule has 2 unspecified atom stereocenters. The minimum atomic E-state index is -4.45. The van der Waals surface area contributed by atoms with Crippen LogP contribution in [0.4, 0.5) is 23.7 Å². The fraction of sp³-hybridized carbons (Fsp3) is 0.529. The monoisotopic (exact) mass is 387 g/mol. The van der Waals surface area contributed by atoms with Crippen LogP contribution in [0, 0.1) is 0 Å². The summed E-state index contributed by atoms with van der Waals surface area (Å²) in [6, 6.07) is 5.25. The van der Waals surface area contributed by atoms with E-state index in [0.29, 0.717) is 18.8 Å². The van der Waals surface area contributed by atoms with Gasteiger partial charge in [0.05, 0.1) is 0 Å². The van der Waals surface area contributed by atoms with Crippen molar-refractivity contribution < 1.29 is 22.8 Å². The first-order chi connectivity index (χ1) is 12.8. The number of nitrogens with one attached hydrogen (secondary N) is 4. The number of alkyl halides is 3. The van der Waals surface area contributed by atoms with E-state index in [1.165, 1.54) is 11.8 Å². The second-order valence-corrected chi connectivity index (χ2v) is 6.27. The SMILES string of the molecule is CC(NC(=O)Nc1ccccc1)C(=O)NCC(N1CCNCC1)C(F)(F)F. The van der Waals surface area contributed by atoms with Crippen LogP contribution in [0.3, 0.4) is 0 Å². The number of hydrogen-bond acceptors (Lipinski definition) is 4. The van der Waals surface area contributed by atoms with E-state index in [-0.39, 0.29) is 13.1 Å². The highest BCUT2D eigenvalue weighted by molar-refractivity contribution is 5.93. The third kappa shape index (κ3) is 6.72. The molecule has 10 heteroatoms. The molecule has 0 saturated carbocycles. The predicted molar refractivity (Wildman–Crippen MR) is 95.4 cm³/mol. The Morgan fingerprint density at radius 3 is 2.41 bits per heavy atom. The van der Waals surface area contributed by atoms with Crippen molar-refractivity contribution in [2.75, 3.05) is 38.0 Å². The number of carbonyl (C=O) groups excluding carboxylic acids is 2. The highest BCUT2D eigenvalue weighted by Gasteiger charge is 2.43. The van der Waals surface area contributed by atoms with Crippen molar-refractivity contribution in [1.82, 2.24) is 20.9 Å². The first-order valence-electron chi connectivity index (χ1n) is 8.69. The Balaban J connectivity index is 1.83. The predicted octanol–water partition coefficient (Wildman–Crippen LogP) is 1.15. The Bertz CT molecular complexity index is 621. The average molecular weight is 387 g/mol. The highest BCUT2D eigenvalue weighted by Crippen LogP contribution is 2.24. The van der Waals surface area contributed by atoms with Crippen molar-refractivity contribution in [3.63, 3.8) is 0 Å². The standard InChI is InChI=1S/C17H24F3N5O2/c1-12(23-16(27)24-13-5-3-2-4-6-13)15(26)22-11-14(17(18,19)20)25-9-7-21-8-10-25/h2-6,12,14,21H,7-11H2,1H3,(H,22,26)(H2,23,24,27). The molecule has 1 aromatic rings. The Hall–Kier alpha value is -2.33. The number of anilines is 1. The molecule has 27 heavy (non-hydrogen) atoms. The van der Waals surface area contributed by atoms with Gasteiger partial charge in [-0.2, -0.15) is 13.2 Å². The molecule has 1 aliphatic heterocycles. The lowest BCUT2D eigenvalue weighted by atomic mass is 10.2. The van der Waals surface area contributed by atoms with E-state index < -0.39 is 36.7 Å². The average Bonchev–Trinajstić information content (AvgIpc) is 2.62. The van der Waals surface area contributed by atoms with Crippen molar-refractivity contribution >= 4 is 17.6 Å². The molecule has 1 fully saturated rings. The zero-order chi connectivity index (χ0) is 19.9. The molecule has 150 valence electrons. The molecule has 0 aromatic heterocycles. The number of para-hydroxylation sites is 1. The van der Waals surface area contributed by atoms with Crippen LogP contribution in [0.25, 0.3) is 0 Å². The molecule has 1 saturated heterocycles. The van der Waals surface area contributed by atoms with E-state index in [4.69, 9.17) is 0 Å². The van der Waals surface area contributed by atoms with E-state index in [2.05, 4.69) is 21.3 Å². The zero-order valence-electron chi connectivity index (χ0n) is 15.0. The molecular weight excluding hydrogens is 363 g/mol. The Labute approximate surface area is 155 Å². The first kappa shape index (κ1) is 21.0. The van der Waals surface area contributed by atoms with Crippen LogP contribution in [-0.4, -0.2) is 67.8 Å². The number of nitrogens with zero attached hydrogens (tertiary/aromatic N) is 1. The van der Waals surface area contributed by atoms with E-state index in [9.17, 15) is 22.8 Å². The third-order valence-electron chi connectivity index (χ3n) is 4.21. The van der Waals surface area contributed by atoms with Crippen LogP contribution in [0.1, 0.15) is 6.92 Å². The summed E-state index contributed by atoms with van der Waals surface area (Å²) >= 11 is 0. The quantitative estimate of drug-likeness (QED) is 0.590. The Morgan fingerprint density at radius 1 is 1.19 bits per heavy atom. The van der Waals surface area contributed by atoms with Gasteiger partial charge in [0, 0.05) is 38.4 Å². The Morgan fingerprint density at radius 2 is 1.81 bits per heavy atom. The lowest BCUT2D eigenvalue weighted by molar-refractivity contribution is -0.184. The van der Waals surface area contributed by atoms with Crippen molar-refractivity contribution in [3.8, 4) is 0 Å². The summed E-state index contributed by atoms with van der Waals surface area (Å²) in [6.07, 6.45) is -4.45. The number of urea groups is 1. The molecule has 1 aromatic carbocycles. The minimum absolute atomic E-state index is 0.257. The third-order valence-corrected chi connectivity index (χ3v) is 4.21. The summed E-state index contributed by atoms with van der Waals surface area (Å²) in [5.74, 6) is -0.678. The van der Waals surface area contributed by atoms with Crippen LogP contribution in [0.15, 0.2) is 30.3 Å². The molecular formula is C17H24F3N5O2. The second-order valence-electron chi connectivity index (χ2n) is 6.27. The molecule has 0 aliphatic carbocycles. The van der Waals surface area contributed by atoms with Crippen LogP contribution < -0.4 is 21.3 Å². The van der Waals surface area contributed by atoms with E-state index in [1.807, 2.05) is 0 Å². The summed E-state index contributed by atoms with van der Waals surface area (Å²) < 4.78 is 39.9. The van der Waals surface area contributed by atoms with Gasteiger partial charge in [0.25, 0.3) is 0 Å². The molecule has 0 spiro atoms. The van der Waals surface area contributed by atoms with E-state index in [0.717, 1.165) is 0 Å². The van der Waals surface area contributed by atoms with Gasteiger partial charge in [0.2, 0.25) is 5.91 Å². The van der Waals surface area contributed by atoms with Gasteiger partial charge in [0.15, 0.2) is 0 Å². The van der Waals surface area contributed by atoms with E-state index in [1.54, 1.807) is 30.3 Å². The number of carbonyl (C=O) groups is 2. The van der Waals surface area contributed by atoms with Gasteiger partial charge >= 0.3 is 12.2 Å². The van der Waals surface area contributed by atoms with Crippen molar-refractivity contribution in [2.45, 2.75) is 25.2 Å². The maximum absolute atomic E-state index is 13.3. The molecule has 0 bridgehead atoms. The van der Waals surface area contributed by atoms with E-state index >= 15 is 0 Å². The normalized spacial score (nSPS) is 17.6. The van der Waals surface area contributed by atoms with Crippen LogP contribution in [0.2, 0.25) is 0 Å². The van der Waals surface area contributed by atoms with Crippen LogP contribution in [0.5, 0.6) is 0 Å². The lowest BCUT2D eigenvalue weighted by Gasteiger charge is -2.36. The molecule has 2 rings (SSSR count). The smallest absolute Gasteiger partial charge is 0.352 e. The topological polar surface area (TPSA) is 85.5 Å². The zero-order valence-corrected chi connectivity index (χ0v) is 15.0. The number of benzene rings is 1. The van der Waals surface area contributed by atoms with Crippen LogP contribution in [-0.2, 0) is 4.79 Å². The molecule has 1 aliphatic rings. The first-order valence-corrected chi connectivity index (χ1v) is 8.69. The number of halogens is 3.